The number of esters is 1. The molecule has 0 spiro atoms. The summed E-state index contributed by atoms with van der Waals surface area (Å²) < 4.78 is 36.8. The summed E-state index contributed by atoms with van der Waals surface area (Å²) in [5, 5.41) is 37.5. The Kier molecular flexibility index (Phi) is 15.3. The second-order valence-electron chi connectivity index (χ2n) is 18.1. The number of phenols is 1. The van der Waals surface area contributed by atoms with Crippen LogP contribution < -0.4 is 49.1 Å². The number of fused-ring (bicyclic) bond motifs is 2. The number of amides is 1. The minimum atomic E-state index is -2.04. The molecule has 16 nitrogen and oxygen atoms in total. The highest BCUT2D eigenvalue weighted by molar-refractivity contribution is 6.26. The van der Waals surface area contributed by atoms with Crippen molar-refractivity contribution < 1.29 is 86.7 Å². The van der Waals surface area contributed by atoms with Crippen LogP contribution in [0.1, 0.15) is 77.2 Å². The number of allylic oxidation sites excluding steroid dienone is 2. The number of anilines is 1. The molecule has 1 fully saturated rings. The minimum absolute atomic E-state index is 0. The van der Waals surface area contributed by atoms with Crippen LogP contribution in [0, 0.1) is 30.6 Å². The fraction of sp³-hybridized carbons (Fsp3) is 0.490. The molecule has 4 heterocycles. The number of piperidine rings is 1. The third-order valence-corrected chi connectivity index (χ3v) is 13.4. The number of hydrogen-bond acceptors (Lipinski definition) is 14. The number of halogens is 1. The van der Waals surface area contributed by atoms with Crippen molar-refractivity contribution in [2.75, 3.05) is 32.6 Å². The van der Waals surface area contributed by atoms with Gasteiger partial charge in [0.25, 0.3) is 11.7 Å². The number of aliphatic hydroxyl groups excluding tert-OH is 2. The number of carbonyl (C=O) groups excluding carboxylic acids is 3. The van der Waals surface area contributed by atoms with E-state index in [1.165, 1.54) is 51.2 Å². The lowest BCUT2D eigenvalue weighted by Gasteiger charge is -2.38. The number of aromatic nitrogens is 1. The first-order valence-corrected chi connectivity index (χ1v) is 22.1. The highest BCUT2D eigenvalue weighted by atomic mass is 127. The van der Waals surface area contributed by atoms with Crippen molar-refractivity contribution in [1.29, 1.82) is 0 Å². The zero-order valence-electron chi connectivity index (χ0n) is 38.9. The first-order chi connectivity index (χ1) is 30.8. The molecule has 5 N–H and O–H groups in total. The van der Waals surface area contributed by atoms with Gasteiger partial charge in [0, 0.05) is 80.1 Å². The summed E-state index contributed by atoms with van der Waals surface area (Å²) in [6.45, 7) is 14.5. The molecule has 17 heteroatoms. The molecular weight excluding hydrogens is 965 g/mol. The lowest BCUT2D eigenvalue weighted by molar-refractivity contribution is -0.885. The molecule has 356 valence electrons. The molecular formula is C49H60IN3O13. The van der Waals surface area contributed by atoms with Crippen LogP contribution in [0.3, 0.4) is 0 Å². The summed E-state index contributed by atoms with van der Waals surface area (Å²) in [4.78, 5) is 61.9. The van der Waals surface area contributed by atoms with Crippen LogP contribution in [0.2, 0.25) is 0 Å². The van der Waals surface area contributed by atoms with E-state index in [0.29, 0.717) is 11.3 Å². The van der Waals surface area contributed by atoms with Gasteiger partial charge in [-0.05, 0) is 32.1 Å². The van der Waals surface area contributed by atoms with Gasteiger partial charge in [0.1, 0.15) is 40.4 Å². The topological polar surface area (TPSA) is 218 Å². The largest absolute Gasteiger partial charge is 1.00 e. The van der Waals surface area contributed by atoms with Gasteiger partial charge < -0.3 is 77.6 Å². The molecule has 0 aliphatic carbocycles. The van der Waals surface area contributed by atoms with Crippen molar-refractivity contribution >= 4 is 56.3 Å². The number of ether oxygens (including phenoxy) is 5. The Morgan fingerprint density at radius 2 is 1.68 bits per heavy atom. The molecule has 66 heavy (non-hydrogen) atoms. The number of phenolic OH excluding ortho intramolecular Hbond substituents is 1. The van der Waals surface area contributed by atoms with E-state index in [0.717, 1.165) is 25.9 Å². The maximum atomic E-state index is 14.7. The number of hydrogen-bond donors (Lipinski definition) is 5. The monoisotopic (exact) mass is 1030 g/mol. The summed E-state index contributed by atoms with van der Waals surface area (Å²) in [7, 11) is 3.59. The zero-order chi connectivity index (χ0) is 47.2. The Balaban J connectivity index is 0.00000720. The molecule has 1 aromatic heterocycles. The van der Waals surface area contributed by atoms with Gasteiger partial charge in [-0.25, -0.2) is 4.98 Å². The fourth-order valence-electron chi connectivity index (χ4n) is 9.25. The van der Waals surface area contributed by atoms with Gasteiger partial charge in [0.15, 0.2) is 22.3 Å². The summed E-state index contributed by atoms with van der Waals surface area (Å²) in [5.41, 5.74) is -0.396. The van der Waals surface area contributed by atoms with Crippen LogP contribution in [0.5, 0.6) is 17.2 Å². The Morgan fingerprint density at radius 1 is 0.985 bits per heavy atom. The molecule has 9 atom stereocenters. The Labute approximate surface area is 400 Å². The first kappa shape index (κ1) is 50.3. The summed E-state index contributed by atoms with van der Waals surface area (Å²) in [6.07, 6.45) is 5.39. The van der Waals surface area contributed by atoms with E-state index in [4.69, 9.17) is 33.1 Å². The number of rotatable bonds is 4. The third kappa shape index (κ3) is 9.54. The average molecular weight is 1030 g/mol. The first-order valence-electron chi connectivity index (χ1n) is 22.1. The van der Waals surface area contributed by atoms with Gasteiger partial charge in [0.2, 0.25) is 0 Å². The van der Waals surface area contributed by atoms with Crippen LogP contribution in [0.25, 0.3) is 33.0 Å². The number of aromatic hydroxyl groups is 1. The zero-order valence-corrected chi connectivity index (χ0v) is 41.1. The fourth-order valence-corrected chi connectivity index (χ4v) is 9.25. The van der Waals surface area contributed by atoms with Crippen molar-refractivity contribution in [3.05, 3.63) is 75.7 Å². The minimum Gasteiger partial charge on any atom is -1.00 e. The Bertz CT molecular complexity index is 2690. The van der Waals surface area contributed by atoms with Crippen molar-refractivity contribution in [3.63, 3.8) is 0 Å². The smallest absolute Gasteiger partial charge is 0.312 e. The number of quaternary nitrogens is 1. The van der Waals surface area contributed by atoms with Crippen molar-refractivity contribution in [1.82, 2.24) is 4.98 Å². The highest BCUT2D eigenvalue weighted by Gasteiger charge is 2.49. The molecule has 4 bridgehead atoms. The van der Waals surface area contributed by atoms with Gasteiger partial charge in [-0.3, -0.25) is 19.2 Å². The molecule has 0 radical (unpaired) electrons. The van der Waals surface area contributed by atoms with Crippen molar-refractivity contribution in [2.24, 2.45) is 23.7 Å². The summed E-state index contributed by atoms with van der Waals surface area (Å²) in [6, 6.07) is 5.14. The van der Waals surface area contributed by atoms with E-state index in [9.17, 15) is 34.5 Å². The van der Waals surface area contributed by atoms with E-state index >= 15 is 0 Å². The maximum Gasteiger partial charge on any atom is 0.312 e. The standard InChI is InChI=1S/C49H59N3O13.HI/c1-23-12-11-13-24(2)48(59)51-39-43(57)36-35(38-46(39)64-34-22-31(14-15-32(34)50-38)63-30-16-19-52(9)20-17-30)37-45(28(6)42(36)56)65-49(8,47(37)58)61-21-18-33(60-10)25(3)44(62-29(7)53)27(5)41(55)26(4)40(23)54;/h11-15,18,21-23,25-27,30,33,40-41,44,54-55,57H,16-17,19-20H2,1-10H3,(H,51,59);1H/b12-11+,21-18+,24-13-;/t23-,25+,26+,27+,33-,40-,41+,44+,49-;/m0./s1. The lowest BCUT2D eigenvalue weighted by Crippen LogP contribution is -3.10. The van der Waals surface area contributed by atoms with Crippen LogP contribution >= 0.6 is 0 Å². The second kappa shape index (κ2) is 20.0. The molecule has 3 aromatic carbocycles. The predicted octanol–water partition coefficient (Wildman–Crippen LogP) is 2.06. The van der Waals surface area contributed by atoms with Crippen LogP contribution in [0.4, 0.5) is 5.69 Å². The van der Waals surface area contributed by atoms with E-state index < -0.39 is 82.7 Å². The van der Waals surface area contributed by atoms with Crippen LogP contribution in [0.15, 0.2) is 63.6 Å². The van der Waals surface area contributed by atoms with Gasteiger partial charge >= 0.3 is 11.8 Å². The summed E-state index contributed by atoms with van der Waals surface area (Å²) >= 11 is 0. The molecule has 3 aliphatic rings. The van der Waals surface area contributed by atoms with E-state index in [1.807, 2.05) is 0 Å². The van der Waals surface area contributed by atoms with Crippen LogP contribution in [-0.2, 0) is 23.8 Å². The lowest BCUT2D eigenvalue weighted by atomic mass is 9.78. The molecule has 4 aromatic rings. The van der Waals surface area contributed by atoms with Gasteiger partial charge in [-0.2, -0.15) is 0 Å². The predicted molar refractivity (Wildman–Crippen MR) is 242 cm³/mol. The van der Waals surface area contributed by atoms with E-state index in [2.05, 4.69) is 12.4 Å². The quantitative estimate of drug-likeness (QED) is 0.0651. The third-order valence-electron chi connectivity index (χ3n) is 13.4. The molecule has 3 aliphatic heterocycles. The second-order valence-corrected chi connectivity index (χ2v) is 18.1. The Hall–Kier alpha value is -5.08. The van der Waals surface area contributed by atoms with E-state index in [1.54, 1.807) is 65.0 Å². The summed E-state index contributed by atoms with van der Waals surface area (Å²) in [5.74, 6) is -6.68. The number of nitrogens with one attached hydrogen (secondary N) is 2. The van der Waals surface area contributed by atoms with Gasteiger partial charge in [0.05, 0.1) is 55.7 Å². The molecule has 7 rings (SSSR count). The van der Waals surface area contributed by atoms with Gasteiger partial charge in [-0.15, -0.1) is 0 Å². The number of nitrogens with zero attached hydrogens (tertiary/aromatic N) is 1. The average Bonchev–Trinajstić information content (AvgIpc) is 3.54. The highest BCUT2D eigenvalue weighted by Crippen LogP contribution is 2.48. The van der Waals surface area contributed by atoms with Gasteiger partial charge in [-0.1, -0.05) is 45.9 Å². The number of Topliss-reactive ketones (excluding diaryl/α,β-unsaturated/α-hetero) is 1. The number of aliphatic hydroxyl groups is 2. The number of benzene rings is 3. The molecule has 1 saturated heterocycles. The number of carbonyl (C=O) groups is 3. The molecule has 0 unspecified atom stereocenters. The number of methoxy groups -OCH3 is 1. The number of likely N-dealkylation sites (tertiary alicyclic amines) is 1. The van der Waals surface area contributed by atoms with Crippen LogP contribution in [-0.4, -0.2) is 102 Å². The normalized spacial score (nSPS) is 31.6. The van der Waals surface area contributed by atoms with Crippen molar-refractivity contribution in [2.45, 2.75) is 105 Å². The molecule has 0 saturated carbocycles. The Morgan fingerprint density at radius 3 is 2.35 bits per heavy atom. The molecule has 1 amide bonds. The number of ketones is 1. The SMILES string of the molecule is CO[C@H]1/C=C/O[C@@]2(C)Oc3c(C)c(=O)c4c(O)c(c5oc6cc(OC7CC[NH+](C)CC7)ccc6nc5c4c3C2=O)NC(=O)/C(C)=C\C=C\[C@H](C)[C@H](O)[C@@H](C)[C@@H](O)[C@@H](C)[C@H](OC(C)=O)[C@@H]1C.[I-]. The maximum absolute atomic E-state index is 14.7. The van der Waals surface area contributed by atoms with Crippen molar-refractivity contribution in [3.8, 4) is 17.2 Å². The van der Waals surface area contributed by atoms with E-state index in [-0.39, 0.29) is 85.7 Å².